The van der Waals surface area contributed by atoms with Gasteiger partial charge in [0.15, 0.2) is 5.16 Å². The second-order valence-corrected chi connectivity index (χ2v) is 5.08. The first-order chi connectivity index (χ1) is 8.56. The van der Waals surface area contributed by atoms with Crippen LogP contribution in [0.15, 0.2) is 34.2 Å². The van der Waals surface area contributed by atoms with E-state index >= 15 is 0 Å². The van der Waals surface area contributed by atoms with Crippen molar-refractivity contribution in [3.05, 3.63) is 51.4 Å². The summed E-state index contributed by atoms with van der Waals surface area (Å²) in [5.41, 5.74) is 8.91. The maximum Gasteiger partial charge on any atom is 0.254 e. The molecular weight excluding hydrogens is 246 g/mol. The van der Waals surface area contributed by atoms with Gasteiger partial charge in [0, 0.05) is 22.7 Å². The van der Waals surface area contributed by atoms with E-state index < -0.39 is 0 Å². The first-order valence-electron chi connectivity index (χ1n) is 5.61. The lowest BCUT2D eigenvalue weighted by Gasteiger charge is -2.04. The molecule has 0 saturated carbocycles. The molecule has 0 radical (unpaired) electrons. The highest BCUT2D eigenvalue weighted by Gasteiger charge is 2.04. The molecule has 0 spiro atoms. The molecule has 2 rings (SSSR count). The van der Waals surface area contributed by atoms with Crippen LogP contribution in [0.5, 0.6) is 0 Å². The fourth-order valence-corrected chi connectivity index (χ4v) is 2.32. The van der Waals surface area contributed by atoms with E-state index in [0.29, 0.717) is 10.7 Å². The average Bonchev–Trinajstić information content (AvgIpc) is 2.35. The van der Waals surface area contributed by atoms with E-state index in [1.807, 2.05) is 31.2 Å². The molecule has 1 heterocycles. The molecule has 0 amide bonds. The van der Waals surface area contributed by atoms with E-state index in [2.05, 4.69) is 9.97 Å². The normalized spacial score (nSPS) is 10.6. The van der Waals surface area contributed by atoms with Crippen LogP contribution >= 0.6 is 11.8 Å². The average molecular weight is 261 g/mol. The van der Waals surface area contributed by atoms with Gasteiger partial charge in [-0.1, -0.05) is 23.9 Å². The Labute approximate surface area is 110 Å². The van der Waals surface area contributed by atoms with Crippen LogP contribution in [-0.2, 0) is 5.75 Å². The zero-order valence-corrected chi connectivity index (χ0v) is 11.2. The number of aromatic amines is 1. The molecule has 1 aromatic carbocycles. The van der Waals surface area contributed by atoms with Crippen molar-refractivity contribution in [1.29, 1.82) is 0 Å². The first-order valence-corrected chi connectivity index (χ1v) is 6.59. The fourth-order valence-electron chi connectivity index (χ4n) is 1.45. The summed E-state index contributed by atoms with van der Waals surface area (Å²) in [6.07, 6.45) is 0. The van der Waals surface area contributed by atoms with Crippen molar-refractivity contribution >= 4 is 17.4 Å². The molecule has 0 aliphatic heterocycles. The number of benzene rings is 1. The second-order valence-electron chi connectivity index (χ2n) is 4.11. The van der Waals surface area contributed by atoms with Gasteiger partial charge in [0.2, 0.25) is 0 Å². The molecular formula is C13H15N3OS. The van der Waals surface area contributed by atoms with Gasteiger partial charge in [-0.2, -0.15) is 0 Å². The van der Waals surface area contributed by atoms with E-state index in [4.69, 9.17) is 5.73 Å². The molecule has 5 heteroatoms. The van der Waals surface area contributed by atoms with Crippen molar-refractivity contribution in [2.45, 2.75) is 24.8 Å². The summed E-state index contributed by atoms with van der Waals surface area (Å²) in [6, 6.07) is 7.68. The molecule has 0 aliphatic carbocycles. The molecule has 4 nitrogen and oxygen atoms in total. The minimum Gasteiger partial charge on any atom is -0.399 e. The lowest BCUT2D eigenvalue weighted by molar-refractivity contribution is 0.883. The van der Waals surface area contributed by atoms with Crippen molar-refractivity contribution in [2.24, 2.45) is 0 Å². The van der Waals surface area contributed by atoms with Gasteiger partial charge in [0.05, 0.1) is 0 Å². The van der Waals surface area contributed by atoms with Crippen LogP contribution in [0.2, 0.25) is 0 Å². The number of nitrogens with zero attached hydrogens (tertiary/aromatic N) is 1. The van der Waals surface area contributed by atoms with E-state index in [0.717, 1.165) is 22.7 Å². The quantitative estimate of drug-likeness (QED) is 0.505. The zero-order valence-electron chi connectivity index (χ0n) is 10.4. The number of nitrogens with two attached hydrogens (primary N) is 1. The van der Waals surface area contributed by atoms with E-state index in [-0.39, 0.29) is 5.56 Å². The van der Waals surface area contributed by atoms with Crippen LogP contribution in [0.4, 0.5) is 5.69 Å². The smallest absolute Gasteiger partial charge is 0.254 e. The summed E-state index contributed by atoms with van der Waals surface area (Å²) >= 11 is 1.51. The second kappa shape index (κ2) is 5.27. The third-order valence-electron chi connectivity index (χ3n) is 2.73. The predicted molar refractivity (Wildman–Crippen MR) is 74.7 cm³/mol. The Bertz CT molecular complexity index is 605. The predicted octanol–water partition coefficient (Wildman–Crippen LogP) is 2.26. The van der Waals surface area contributed by atoms with Gasteiger partial charge in [-0.05, 0) is 31.5 Å². The van der Waals surface area contributed by atoms with Crippen molar-refractivity contribution in [2.75, 3.05) is 5.73 Å². The third kappa shape index (κ3) is 2.92. The number of hydrogen-bond acceptors (Lipinski definition) is 4. The highest BCUT2D eigenvalue weighted by atomic mass is 32.2. The zero-order chi connectivity index (χ0) is 13.1. The number of hydrogen-bond donors (Lipinski definition) is 2. The Kier molecular flexibility index (Phi) is 3.72. The van der Waals surface area contributed by atoms with Gasteiger partial charge in [0.1, 0.15) is 0 Å². The van der Waals surface area contributed by atoms with Crippen molar-refractivity contribution in [3.8, 4) is 0 Å². The highest BCUT2D eigenvalue weighted by molar-refractivity contribution is 7.98. The van der Waals surface area contributed by atoms with Gasteiger partial charge in [-0.25, -0.2) is 4.98 Å². The Morgan fingerprint density at radius 2 is 1.94 bits per heavy atom. The summed E-state index contributed by atoms with van der Waals surface area (Å²) in [6.45, 7) is 3.62. The van der Waals surface area contributed by atoms with Crippen LogP contribution < -0.4 is 11.3 Å². The summed E-state index contributed by atoms with van der Waals surface area (Å²) in [4.78, 5) is 18.7. The van der Waals surface area contributed by atoms with Crippen molar-refractivity contribution in [1.82, 2.24) is 9.97 Å². The first kappa shape index (κ1) is 12.7. The lowest BCUT2D eigenvalue weighted by Crippen LogP contribution is -2.13. The number of anilines is 1. The molecule has 0 unspecified atom stereocenters. The number of aryl methyl sites for hydroxylation is 1. The molecule has 0 fully saturated rings. The standard InChI is InChI=1S/C13H15N3OS/c1-8-9(2)15-13(16-12(8)17)18-7-10-3-5-11(14)6-4-10/h3-6H,7,14H2,1-2H3,(H,15,16,17). The number of rotatable bonds is 3. The Morgan fingerprint density at radius 1 is 1.28 bits per heavy atom. The van der Waals surface area contributed by atoms with Gasteiger partial charge in [-0.15, -0.1) is 0 Å². The monoisotopic (exact) mass is 261 g/mol. The van der Waals surface area contributed by atoms with Gasteiger partial charge >= 0.3 is 0 Å². The van der Waals surface area contributed by atoms with Crippen molar-refractivity contribution in [3.63, 3.8) is 0 Å². The number of nitrogen functional groups attached to an aromatic ring is 1. The fraction of sp³-hybridized carbons (Fsp3) is 0.231. The topological polar surface area (TPSA) is 71.8 Å². The molecule has 2 aromatic rings. The molecule has 0 aliphatic rings. The molecule has 94 valence electrons. The summed E-state index contributed by atoms with van der Waals surface area (Å²) in [5.74, 6) is 0.756. The molecule has 0 saturated heterocycles. The van der Waals surface area contributed by atoms with Crippen LogP contribution in [-0.4, -0.2) is 9.97 Å². The van der Waals surface area contributed by atoms with Gasteiger partial charge in [0.25, 0.3) is 5.56 Å². The third-order valence-corrected chi connectivity index (χ3v) is 3.67. The molecule has 18 heavy (non-hydrogen) atoms. The minimum atomic E-state index is -0.0673. The number of thioether (sulfide) groups is 1. The molecule has 0 atom stereocenters. The Morgan fingerprint density at radius 3 is 2.56 bits per heavy atom. The number of H-pyrrole nitrogens is 1. The van der Waals surface area contributed by atoms with Gasteiger partial charge < -0.3 is 10.7 Å². The Balaban J connectivity index is 2.11. The summed E-state index contributed by atoms with van der Waals surface area (Å²) in [7, 11) is 0. The lowest BCUT2D eigenvalue weighted by atomic mass is 10.2. The van der Waals surface area contributed by atoms with Crippen LogP contribution in [0.25, 0.3) is 0 Å². The molecule has 0 bridgehead atoms. The van der Waals surface area contributed by atoms with Crippen LogP contribution in [0.3, 0.4) is 0 Å². The van der Waals surface area contributed by atoms with Crippen LogP contribution in [0, 0.1) is 13.8 Å². The van der Waals surface area contributed by atoms with Crippen molar-refractivity contribution < 1.29 is 0 Å². The Hall–Kier alpha value is -1.75. The van der Waals surface area contributed by atoms with E-state index in [1.54, 1.807) is 6.92 Å². The number of nitrogens with one attached hydrogen (secondary N) is 1. The SMILES string of the molecule is Cc1nc(SCc2ccc(N)cc2)[nH]c(=O)c1C. The number of aromatic nitrogens is 2. The maximum absolute atomic E-state index is 11.6. The maximum atomic E-state index is 11.6. The summed E-state index contributed by atoms with van der Waals surface area (Å²) < 4.78 is 0. The molecule has 3 N–H and O–H groups in total. The largest absolute Gasteiger partial charge is 0.399 e. The van der Waals surface area contributed by atoms with Gasteiger partial charge in [-0.3, -0.25) is 4.79 Å². The summed E-state index contributed by atoms with van der Waals surface area (Å²) in [5, 5.41) is 0.653. The molecule has 1 aromatic heterocycles. The van der Waals surface area contributed by atoms with E-state index in [1.165, 1.54) is 11.8 Å². The highest BCUT2D eigenvalue weighted by Crippen LogP contribution is 2.19. The van der Waals surface area contributed by atoms with E-state index in [9.17, 15) is 4.79 Å². The minimum absolute atomic E-state index is 0.0673. The van der Waals surface area contributed by atoms with Crippen LogP contribution in [0.1, 0.15) is 16.8 Å².